The first-order valence-corrected chi connectivity index (χ1v) is 4.35. The lowest BCUT2D eigenvalue weighted by Crippen LogP contribution is -2.47. The summed E-state index contributed by atoms with van der Waals surface area (Å²) in [6, 6.07) is 0. The maximum atomic E-state index is 3.96. The molecule has 0 amide bonds. The molecule has 0 aromatic rings. The van der Waals surface area contributed by atoms with Crippen LogP contribution in [-0.4, -0.2) is 5.54 Å². The molecule has 2 N–H and O–H groups in total. The largest absolute Gasteiger partial charge is 0.325 e. The van der Waals surface area contributed by atoms with Gasteiger partial charge in [0.05, 0.1) is 0 Å². The van der Waals surface area contributed by atoms with Crippen molar-refractivity contribution in [1.29, 1.82) is 0 Å². The second-order valence-corrected chi connectivity index (χ2v) is 5.23. The Kier molecular flexibility index (Phi) is 3.34. The van der Waals surface area contributed by atoms with Gasteiger partial charge in [0.2, 0.25) is 0 Å². The monoisotopic (exact) mass is 170 g/mol. The summed E-state index contributed by atoms with van der Waals surface area (Å²) in [7, 11) is 0. The van der Waals surface area contributed by atoms with Crippen LogP contribution < -0.4 is 10.9 Å². The van der Waals surface area contributed by atoms with Gasteiger partial charge in [-0.3, -0.25) is 0 Å². The molecule has 0 saturated heterocycles. The highest BCUT2D eigenvalue weighted by atomic mass is 15.4. The number of hydrazine groups is 1. The van der Waals surface area contributed by atoms with E-state index in [1.54, 1.807) is 0 Å². The topological polar surface area (TPSA) is 24.1 Å². The maximum absolute atomic E-state index is 3.96. The fourth-order valence-corrected chi connectivity index (χ4v) is 0.450. The maximum Gasteiger partial charge on any atom is 0.0286 e. The van der Waals surface area contributed by atoms with Gasteiger partial charge in [-0.2, -0.15) is 0 Å². The number of rotatable bonds is 2. The average molecular weight is 170 g/mol. The predicted molar refractivity (Wildman–Crippen MR) is 54.6 cm³/mol. The number of allylic oxidation sites excluding steroid dienone is 1. The van der Waals surface area contributed by atoms with Crippen molar-refractivity contribution in [1.82, 2.24) is 10.9 Å². The molecule has 0 fully saturated rings. The number of hydrogen-bond donors (Lipinski definition) is 2. The van der Waals surface area contributed by atoms with Crippen LogP contribution in [0.25, 0.3) is 0 Å². The highest BCUT2D eigenvalue weighted by molar-refractivity contribution is 5.01. The second kappa shape index (κ2) is 3.48. The Morgan fingerprint density at radius 2 is 1.42 bits per heavy atom. The van der Waals surface area contributed by atoms with Gasteiger partial charge in [0.25, 0.3) is 0 Å². The van der Waals surface area contributed by atoms with Gasteiger partial charge in [0, 0.05) is 16.7 Å². The molecule has 72 valence electrons. The Hall–Kier alpha value is -0.500. The molecule has 0 rings (SSSR count). The Labute approximate surface area is 76.4 Å². The van der Waals surface area contributed by atoms with Crippen molar-refractivity contribution < 1.29 is 0 Å². The smallest absolute Gasteiger partial charge is 0.0286 e. The normalized spacial score (nSPS) is 12.8. The molecule has 0 bridgehead atoms. The van der Waals surface area contributed by atoms with Gasteiger partial charge < -0.3 is 5.43 Å². The van der Waals surface area contributed by atoms with E-state index in [9.17, 15) is 0 Å². The van der Waals surface area contributed by atoms with E-state index in [2.05, 4.69) is 59.0 Å². The lowest BCUT2D eigenvalue weighted by molar-refractivity contribution is 0.343. The highest BCUT2D eigenvalue weighted by Gasteiger charge is 2.16. The molecule has 0 atom stereocenters. The minimum atomic E-state index is 0.0776. The van der Waals surface area contributed by atoms with Crippen molar-refractivity contribution in [2.75, 3.05) is 0 Å². The lowest BCUT2D eigenvalue weighted by atomic mass is 9.93. The first kappa shape index (κ1) is 11.5. The van der Waals surface area contributed by atoms with Crippen molar-refractivity contribution in [2.45, 2.75) is 47.1 Å². The van der Waals surface area contributed by atoms with Gasteiger partial charge in [0.15, 0.2) is 0 Å². The molecule has 0 radical (unpaired) electrons. The minimum absolute atomic E-state index is 0.0776. The standard InChI is InChI=1S/C10H22N2/c1-8(9(2,3)4)11-12-10(5,6)7/h11-12H,1H2,2-7H3. The van der Waals surface area contributed by atoms with Crippen LogP contribution in [0, 0.1) is 5.41 Å². The van der Waals surface area contributed by atoms with E-state index in [1.807, 2.05) is 0 Å². The fourth-order valence-electron chi connectivity index (χ4n) is 0.450. The summed E-state index contributed by atoms with van der Waals surface area (Å²) in [6.45, 7) is 16.7. The summed E-state index contributed by atoms with van der Waals surface area (Å²) in [5.41, 5.74) is 7.50. The minimum Gasteiger partial charge on any atom is -0.325 e. The van der Waals surface area contributed by atoms with E-state index in [1.165, 1.54) is 0 Å². The summed E-state index contributed by atoms with van der Waals surface area (Å²) in [4.78, 5) is 0. The number of hydrogen-bond acceptors (Lipinski definition) is 2. The van der Waals surface area contributed by atoms with Crippen molar-refractivity contribution in [3.8, 4) is 0 Å². The SMILES string of the molecule is C=C(NNC(C)(C)C)C(C)(C)C. The molecule has 0 unspecified atom stereocenters. The average Bonchev–Trinajstić information content (AvgIpc) is 1.78. The Bertz CT molecular complexity index is 158. The van der Waals surface area contributed by atoms with Crippen LogP contribution in [0.15, 0.2) is 12.3 Å². The van der Waals surface area contributed by atoms with Gasteiger partial charge in [-0.05, 0) is 20.8 Å². The van der Waals surface area contributed by atoms with Crippen molar-refractivity contribution in [2.24, 2.45) is 5.41 Å². The molecule has 0 aliphatic carbocycles. The third kappa shape index (κ3) is 5.19. The molecule has 0 heterocycles. The van der Waals surface area contributed by atoms with Crippen LogP contribution in [-0.2, 0) is 0 Å². The van der Waals surface area contributed by atoms with Gasteiger partial charge in [-0.1, -0.05) is 27.4 Å². The zero-order chi connectivity index (χ0) is 9.99. The lowest BCUT2D eigenvalue weighted by Gasteiger charge is -2.28. The van der Waals surface area contributed by atoms with Crippen LogP contribution in [0.5, 0.6) is 0 Å². The van der Waals surface area contributed by atoms with Crippen LogP contribution in [0.3, 0.4) is 0 Å². The molecule has 0 aromatic carbocycles. The summed E-state index contributed by atoms with van der Waals surface area (Å²) < 4.78 is 0. The third-order valence-electron chi connectivity index (χ3n) is 1.49. The van der Waals surface area contributed by atoms with Gasteiger partial charge in [0.1, 0.15) is 0 Å². The quantitative estimate of drug-likeness (QED) is 0.622. The molecule has 2 heteroatoms. The van der Waals surface area contributed by atoms with Crippen LogP contribution in [0.4, 0.5) is 0 Å². The van der Waals surface area contributed by atoms with Gasteiger partial charge >= 0.3 is 0 Å². The molecule has 2 nitrogen and oxygen atoms in total. The van der Waals surface area contributed by atoms with Gasteiger partial charge in [-0.25, -0.2) is 5.43 Å². The summed E-state index contributed by atoms with van der Waals surface area (Å²) in [5, 5.41) is 0. The zero-order valence-corrected chi connectivity index (χ0v) is 9.21. The van der Waals surface area contributed by atoms with Crippen LogP contribution in [0.2, 0.25) is 0 Å². The van der Waals surface area contributed by atoms with Crippen molar-refractivity contribution >= 4 is 0 Å². The molecule has 0 aromatic heterocycles. The van der Waals surface area contributed by atoms with Crippen molar-refractivity contribution in [3.05, 3.63) is 12.3 Å². The van der Waals surface area contributed by atoms with E-state index in [4.69, 9.17) is 0 Å². The van der Waals surface area contributed by atoms with Crippen LogP contribution >= 0.6 is 0 Å². The first-order valence-electron chi connectivity index (χ1n) is 4.35. The summed E-state index contributed by atoms with van der Waals surface area (Å²) in [6.07, 6.45) is 0. The van der Waals surface area contributed by atoms with Crippen molar-refractivity contribution in [3.63, 3.8) is 0 Å². The van der Waals surface area contributed by atoms with E-state index in [-0.39, 0.29) is 11.0 Å². The number of nitrogens with one attached hydrogen (secondary N) is 2. The summed E-state index contributed by atoms with van der Waals surface area (Å²) in [5.74, 6) is 0. The second-order valence-electron chi connectivity index (χ2n) is 5.23. The van der Waals surface area contributed by atoms with Crippen LogP contribution in [0.1, 0.15) is 41.5 Å². The van der Waals surface area contributed by atoms with E-state index >= 15 is 0 Å². The van der Waals surface area contributed by atoms with E-state index < -0.39 is 0 Å². The molecular weight excluding hydrogens is 148 g/mol. The first-order chi connectivity index (χ1) is 5.13. The Morgan fingerprint density at radius 3 is 1.67 bits per heavy atom. The summed E-state index contributed by atoms with van der Waals surface area (Å²) >= 11 is 0. The molecule has 0 saturated carbocycles. The molecule has 12 heavy (non-hydrogen) atoms. The predicted octanol–water partition coefficient (Wildman–Crippen LogP) is 2.44. The molecule has 0 aliphatic rings. The van der Waals surface area contributed by atoms with E-state index in [0.717, 1.165) is 5.70 Å². The van der Waals surface area contributed by atoms with Gasteiger partial charge in [-0.15, -0.1) is 0 Å². The highest BCUT2D eigenvalue weighted by Crippen LogP contribution is 2.20. The Morgan fingerprint density at radius 1 is 1.00 bits per heavy atom. The van der Waals surface area contributed by atoms with E-state index in [0.29, 0.717) is 0 Å². The fraction of sp³-hybridized carbons (Fsp3) is 0.800. The molecule has 0 spiro atoms. The molecular formula is C10H22N2. The third-order valence-corrected chi connectivity index (χ3v) is 1.49. The zero-order valence-electron chi connectivity index (χ0n) is 9.21. The Balaban J connectivity index is 3.90. The molecule has 0 aliphatic heterocycles.